The van der Waals surface area contributed by atoms with Crippen molar-refractivity contribution < 1.29 is 65.1 Å². The molecular weight excluding hydrogens is 779 g/mol. The van der Waals surface area contributed by atoms with Gasteiger partial charge in [0.25, 0.3) is 0 Å². The number of carbonyl (C=O) groups is 2. The molecular formula is C32H29CoN8O10S2-. The Morgan fingerprint density at radius 3 is 1.21 bits per heavy atom. The fraction of sp³-hybridized carbons (Fsp3) is 0.0625. The predicted molar refractivity (Wildman–Crippen MR) is 180 cm³/mol. The van der Waals surface area contributed by atoms with Crippen LogP contribution in [0.1, 0.15) is 15.3 Å². The fourth-order valence-corrected chi connectivity index (χ4v) is 4.75. The third kappa shape index (κ3) is 13.3. The second-order valence-corrected chi connectivity index (χ2v) is 13.3. The van der Waals surface area contributed by atoms with Crippen LogP contribution >= 0.6 is 0 Å². The van der Waals surface area contributed by atoms with Crippen molar-refractivity contribution in [3.63, 3.8) is 0 Å². The third-order valence-corrected chi connectivity index (χ3v) is 8.02. The van der Waals surface area contributed by atoms with E-state index in [2.05, 4.69) is 31.1 Å². The number of azo groups is 2. The molecule has 0 aliphatic carbocycles. The summed E-state index contributed by atoms with van der Waals surface area (Å²) in [6, 6.07) is 22.5. The molecule has 1 radical (unpaired) electrons. The Balaban J connectivity index is 0.000000521. The number of nitrogens with two attached hydrogens (primary N) is 2. The summed E-state index contributed by atoms with van der Waals surface area (Å²) in [5, 5.41) is 76.9. The number of primary sulfonamides is 2. The molecule has 0 unspecified atom stereocenters. The maximum absolute atomic E-state index is 12.2. The first-order chi connectivity index (χ1) is 24.4. The molecule has 4 aromatic carbocycles. The second-order valence-electron chi connectivity index (χ2n) is 10.2. The number of rotatable bonds is 12. The summed E-state index contributed by atoms with van der Waals surface area (Å²) in [5.74, 6) is -4.29. The van der Waals surface area contributed by atoms with Gasteiger partial charge in [0.2, 0.25) is 20.0 Å². The standard InChI is InChI=1S/2C16H16N4O5S.Co/c2*1-10(21)15(16(23)18-11-5-3-2-4-6-11)20-19-13-9-12(26(17,24)25)7-8-14(13)22;/h2*2-9,18,22-23H,1H3,(H2,17,24,25);/q;;+2/p-3/b2*16-15+,20-19?;. The average molecular weight is 809 g/mol. The Morgan fingerprint density at radius 2 is 0.925 bits per heavy atom. The zero-order chi connectivity index (χ0) is 38.6. The van der Waals surface area contributed by atoms with Crippen LogP contribution in [0, 0.1) is 0 Å². The Labute approximate surface area is 315 Å². The van der Waals surface area contributed by atoms with Gasteiger partial charge in [-0.1, -0.05) is 60.0 Å². The summed E-state index contributed by atoms with van der Waals surface area (Å²) in [5.41, 5.74) is -0.964. The molecule has 0 saturated heterocycles. The zero-order valence-electron chi connectivity index (χ0n) is 28.4. The number of hydrogen-bond donors (Lipinski definition) is 4. The van der Waals surface area contributed by atoms with E-state index in [-0.39, 0.29) is 39.4 Å². The minimum absolute atomic E-state index is 0. The molecule has 4 aromatic rings. The van der Waals surface area contributed by atoms with E-state index in [1.807, 2.05) is 0 Å². The van der Waals surface area contributed by atoms with E-state index >= 15 is 0 Å². The largest absolute Gasteiger partial charge is 2.00 e. The summed E-state index contributed by atoms with van der Waals surface area (Å²) < 4.78 is 45.3. The number of carbonyl (C=O) groups excluding carboxylic acids is 2. The number of allylic oxidation sites excluding steroid dienone is 2. The first kappa shape index (κ1) is 43.2. The summed E-state index contributed by atoms with van der Waals surface area (Å²) in [6.07, 6.45) is 0. The molecule has 0 heterocycles. The topological polar surface area (TPSA) is 320 Å². The maximum atomic E-state index is 12.2. The van der Waals surface area contributed by atoms with Crippen molar-refractivity contribution in [3.8, 4) is 11.5 Å². The molecule has 0 aliphatic rings. The monoisotopic (exact) mass is 808 g/mol. The van der Waals surface area contributed by atoms with Crippen molar-refractivity contribution in [1.82, 2.24) is 0 Å². The Kier molecular flexibility index (Phi) is 15.5. The molecule has 0 amide bonds. The minimum Gasteiger partial charge on any atom is -0.871 e. The Bertz CT molecular complexity index is 2150. The molecule has 4 rings (SSSR count). The van der Waals surface area contributed by atoms with Gasteiger partial charge in [-0.15, -0.1) is 10.2 Å². The fourth-order valence-electron chi connectivity index (χ4n) is 3.69. The molecule has 279 valence electrons. The van der Waals surface area contributed by atoms with E-state index < -0.39 is 66.3 Å². The van der Waals surface area contributed by atoms with Crippen LogP contribution in [-0.4, -0.2) is 28.4 Å². The Morgan fingerprint density at radius 1 is 0.604 bits per heavy atom. The molecule has 21 heteroatoms. The number of Topliss-reactive ketones (excluding diaryl/α,β-unsaturated/α-hetero) is 2. The molecule has 0 aliphatic heterocycles. The summed E-state index contributed by atoms with van der Waals surface area (Å²) in [6.45, 7) is 2.22. The summed E-state index contributed by atoms with van der Waals surface area (Å²) >= 11 is 0. The van der Waals surface area contributed by atoms with Gasteiger partial charge >= 0.3 is 18.2 Å². The Hall–Kier alpha value is -5.97. The van der Waals surface area contributed by atoms with Crippen molar-refractivity contribution in [2.45, 2.75) is 23.6 Å². The average Bonchev–Trinajstić information content (AvgIpc) is 3.06. The van der Waals surface area contributed by atoms with Gasteiger partial charge in [-0.2, -0.15) is 10.2 Å². The number of ketones is 2. The van der Waals surface area contributed by atoms with Crippen molar-refractivity contribution in [2.24, 2.45) is 30.7 Å². The molecule has 0 fully saturated rings. The van der Waals surface area contributed by atoms with Crippen molar-refractivity contribution in [2.75, 3.05) is 10.6 Å². The number of anilines is 2. The van der Waals surface area contributed by atoms with Gasteiger partial charge in [0, 0.05) is 25.2 Å². The third-order valence-electron chi connectivity index (χ3n) is 6.19. The minimum atomic E-state index is -4.05. The molecule has 18 nitrogen and oxygen atoms in total. The maximum Gasteiger partial charge on any atom is 2.00 e. The van der Waals surface area contributed by atoms with Crippen LogP contribution in [0.5, 0.6) is 11.5 Å². The molecule has 0 spiro atoms. The van der Waals surface area contributed by atoms with Crippen molar-refractivity contribution in [3.05, 3.63) is 120 Å². The number of nitrogens with one attached hydrogen (secondary N) is 2. The van der Waals surface area contributed by atoms with Crippen LogP contribution in [0.2, 0.25) is 0 Å². The van der Waals surface area contributed by atoms with Crippen LogP contribution in [0.25, 0.3) is 0 Å². The van der Waals surface area contributed by atoms with E-state index in [9.17, 15) is 46.9 Å². The first-order valence-corrected chi connectivity index (χ1v) is 17.5. The van der Waals surface area contributed by atoms with Gasteiger partial charge in [0.05, 0.1) is 21.2 Å². The van der Waals surface area contributed by atoms with E-state index in [0.29, 0.717) is 11.4 Å². The van der Waals surface area contributed by atoms with Gasteiger partial charge in [0.15, 0.2) is 11.6 Å². The summed E-state index contributed by atoms with van der Waals surface area (Å²) in [4.78, 5) is 22.6. The van der Waals surface area contributed by atoms with Gasteiger partial charge in [-0.05, 0) is 60.3 Å². The number of sulfonamides is 2. The van der Waals surface area contributed by atoms with Crippen molar-refractivity contribution >= 4 is 54.4 Å². The molecule has 0 saturated carbocycles. The smallest absolute Gasteiger partial charge is 0.871 e. The van der Waals surface area contributed by atoms with E-state index in [4.69, 9.17) is 10.3 Å². The number of para-hydroxylation sites is 2. The van der Waals surface area contributed by atoms with E-state index in [0.717, 1.165) is 50.2 Å². The normalized spacial score (nSPS) is 12.5. The van der Waals surface area contributed by atoms with Crippen molar-refractivity contribution in [1.29, 1.82) is 0 Å². The van der Waals surface area contributed by atoms with Crippen LogP contribution in [0.3, 0.4) is 0 Å². The molecule has 0 bridgehead atoms. The molecule has 53 heavy (non-hydrogen) atoms. The van der Waals surface area contributed by atoms with E-state index in [1.54, 1.807) is 60.7 Å². The second kappa shape index (κ2) is 19.0. The van der Waals surface area contributed by atoms with Crippen LogP contribution < -0.4 is 41.3 Å². The molecule has 0 atom stereocenters. The zero-order valence-corrected chi connectivity index (χ0v) is 30.1. The quantitative estimate of drug-likeness (QED) is 0.0900. The SMILES string of the molecule is CC(=O)/C(N=Nc1cc(S(N)(=O)=O)ccc1[O-])=C(\[O-])Nc1ccccc1.CC(=O)/C(N=Nc1cc(S(N)(=O)=O)ccc1[O-])=C(\[O-])Nc1ccccc1.[Co+2].[H+]. The molecule has 6 N–H and O–H groups in total. The number of nitrogens with zero attached hydrogens (tertiary/aromatic N) is 4. The molecule has 0 aromatic heterocycles. The van der Waals surface area contributed by atoms with Crippen LogP contribution in [0.15, 0.2) is 150 Å². The number of benzene rings is 4. The van der Waals surface area contributed by atoms with Crippen LogP contribution in [-0.2, 0) is 46.4 Å². The first-order valence-electron chi connectivity index (χ1n) is 14.4. The number of hydrogen-bond acceptors (Lipinski definition) is 16. The van der Waals surface area contributed by atoms with Gasteiger partial charge in [-0.3, -0.25) is 9.59 Å². The van der Waals surface area contributed by atoms with Gasteiger partial charge in [0.1, 0.15) is 11.4 Å². The van der Waals surface area contributed by atoms with E-state index in [1.165, 1.54) is 0 Å². The predicted octanol–water partition coefficient (Wildman–Crippen LogP) is 1.55. The summed E-state index contributed by atoms with van der Waals surface area (Å²) in [7, 11) is -8.10. The van der Waals surface area contributed by atoms with Gasteiger partial charge in [-0.25, -0.2) is 27.1 Å². The van der Waals surface area contributed by atoms with Gasteiger partial charge < -0.3 is 31.1 Å². The van der Waals surface area contributed by atoms with Crippen LogP contribution in [0.4, 0.5) is 22.7 Å².